The van der Waals surface area contributed by atoms with Crippen molar-refractivity contribution >= 4 is 28.7 Å². The first-order valence-corrected chi connectivity index (χ1v) is 13.0. The van der Waals surface area contributed by atoms with Gasteiger partial charge in [-0.25, -0.2) is 14.4 Å². The Morgan fingerprint density at radius 1 is 1.13 bits per heavy atom. The van der Waals surface area contributed by atoms with Gasteiger partial charge in [0.15, 0.2) is 0 Å². The molecule has 2 fully saturated rings. The number of hydrogen-bond donors (Lipinski definition) is 3. The molecule has 2 saturated heterocycles. The van der Waals surface area contributed by atoms with Gasteiger partial charge in [-0.05, 0) is 42.7 Å². The van der Waals surface area contributed by atoms with Crippen LogP contribution in [0.25, 0.3) is 16.9 Å². The fourth-order valence-corrected chi connectivity index (χ4v) is 5.92. The van der Waals surface area contributed by atoms with Crippen LogP contribution < -0.4 is 20.9 Å². The lowest BCUT2D eigenvalue weighted by molar-refractivity contribution is -0.0725. The zero-order valence-electron chi connectivity index (χ0n) is 20.8. The van der Waals surface area contributed by atoms with Crippen molar-refractivity contribution in [1.29, 1.82) is 0 Å². The summed E-state index contributed by atoms with van der Waals surface area (Å²) in [6.45, 7) is 4.77. The lowest BCUT2D eigenvalue weighted by atomic mass is 9.91. The van der Waals surface area contributed by atoms with Gasteiger partial charge in [-0.15, -0.1) is 0 Å². The summed E-state index contributed by atoms with van der Waals surface area (Å²) in [5, 5.41) is 9.75. The predicted octanol–water partition coefficient (Wildman–Crippen LogP) is 3.48. The van der Waals surface area contributed by atoms with Crippen LogP contribution in [0.5, 0.6) is 0 Å². The number of hydrogen-bond acceptors (Lipinski definition) is 7. The highest BCUT2D eigenvalue weighted by molar-refractivity contribution is 6.06. The van der Waals surface area contributed by atoms with E-state index >= 15 is 0 Å². The maximum Gasteiger partial charge on any atom is 0.254 e. The van der Waals surface area contributed by atoms with Gasteiger partial charge in [0.1, 0.15) is 17.3 Å². The van der Waals surface area contributed by atoms with Crippen molar-refractivity contribution in [2.75, 3.05) is 43.0 Å². The van der Waals surface area contributed by atoms with Crippen molar-refractivity contribution in [3.05, 3.63) is 71.9 Å². The van der Waals surface area contributed by atoms with Crippen LogP contribution in [-0.2, 0) is 11.3 Å². The number of piperidine rings is 1. The van der Waals surface area contributed by atoms with Crippen molar-refractivity contribution in [3.63, 3.8) is 0 Å². The maximum absolute atomic E-state index is 13.7. The van der Waals surface area contributed by atoms with Crippen LogP contribution in [0.2, 0.25) is 0 Å². The molecule has 4 aromatic rings. The minimum absolute atomic E-state index is 0.127. The van der Waals surface area contributed by atoms with E-state index in [-0.39, 0.29) is 17.3 Å². The Kier molecular flexibility index (Phi) is 5.52. The number of benzene rings is 1. The number of halogens is 1. The molecule has 3 aliphatic heterocycles. The summed E-state index contributed by atoms with van der Waals surface area (Å²) < 4.78 is 21.7. The van der Waals surface area contributed by atoms with E-state index in [1.54, 1.807) is 12.4 Å². The van der Waals surface area contributed by atoms with E-state index in [0.29, 0.717) is 29.3 Å². The Balaban J connectivity index is 1.15. The lowest BCUT2D eigenvalue weighted by Gasteiger charge is -2.45. The minimum Gasteiger partial charge on any atom is -0.371 e. The number of pyridine rings is 2. The number of nitrogens with zero attached hydrogens (tertiary/aromatic N) is 4. The number of carbonyl (C=O) groups excluding carboxylic acids is 1. The van der Waals surface area contributed by atoms with Gasteiger partial charge in [-0.2, -0.15) is 0 Å². The van der Waals surface area contributed by atoms with Gasteiger partial charge >= 0.3 is 0 Å². The summed E-state index contributed by atoms with van der Waals surface area (Å²) in [6.07, 6.45) is 7.39. The van der Waals surface area contributed by atoms with Crippen LogP contribution in [0.3, 0.4) is 0 Å². The van der Waals surface area contributed by atoms with Crippen molar-refractivity contribution in [3.8, 4) is 11.3 Å². The summed E-state index contributed by atoms with van der Waals surface area (Å²) in [5.74, 6) is 0.186. The Labute approximate surface area is 219 Å². The average Bonchev–Trinajstić information content (AvgIpc) is 3.53. The molecule has 0 radical (unpaired) electrons. The number of amides is 1. The molecule has 0 unspecified atom stereocenters. The molecule has 7 rings (SSSR count). The summed E-state index contributed by atoms with van der Waals surface area (Å²) in [7, 11) is 0. The fraction of sp³-hybridized carbons (Fsp3) is 0.321. The number of aromatic nitrogens is 3. The number of morpholine rings is 1. The predicted molar refractivity (Wildman–Crippen MR) is 142 cm³/mol. The molecule has 9 nitrogen and oxygen atoms in total. The monoisotopic (exact) mass is 513 g/mol. The molecule has 6 heterocycles. The Morgan fingerprint density at radius 2 is 2.08 bits per heavy atom. The van der Waals surface area contributed by atoms with Crippen molar-refractivity contribution in [1.82, 2.24) is 25.0 Å². The van der Waals surface area contributed by atoms with Crippen LogP contribution in [0.4, 0.5) is 21.6 Å². The SMILES string of the molecule is O=C1NCc2c(-c3cnc4cc(F)ccn34)ccc(Nc3ccc(N4CCC[C@@]5(CNCCO5)C4)cn3)c21. The Hall–Kier alpha value is -4.02. The molecule has 0 aliphatic carbocycles. The van der Waals surface area contributed by atoms with Gasteiger partial charge in [0, 0.05) is 50.6 Å². The third-order valence-electron chi connectivity index (χ3n) is 7.77. The number of nitrogens with one attached hydrogen (secondary N) is 3. The minimum atomic E-state index is -0.339. The van der Waals surface area contributed by atoms with Crippen LogP contribution in [0, 0.1) is 5.82 Å². The lowest BCUT2D eigenvalue weighted by Crippen LogP contribution is -2.58. The van der Waals surface area contributed by atoms with Crippen molar-refractivity contribution in [2.45, 2.75) is 25.0 Å². The summed E-state index contributed by atoms with van der Waals surface area (Å²) in [4.78, 5) is 24.2. The molecular formula is C28H28FN7O2. The second-order valence-corrected chi connectivity index (χ2v) is 10.2. The van der Waals surface area contributed by atoms with Crippen molar-refractivity contribution in [2.24, 2.45) is 0 Å². The number of fused-ring (bicyclic) bond motifs is 2. The van der Waals surface area contributed by atoms with Gasteiger partial charge in [0.25, 0.3) is 5.91 Å². The number of rotatable bonds is 4. The van der Waals surface area contributed by atoms with E-state index in [1.807, 2.05) is 28.8 Å². The van der Waals surface area contributed by atoms with E-state index < -0.39 is 0 Å². The molecule has 1 amide bonds. The standard InChI is InChI=1S/C28H28FN7O2/c29-18-6-10-36-23(15-32-25(36)12-18)20-3-4-22(26-21(20)14-33-27(26)37)34-24-5-2-19(13-31-24)35-9-1-7-28(17-35)16-30-8-11-38-28/h2-6,10,12-13,15,30H,1,7-9,11,14,16-17H2,(H,31,34)(H,33,37)/t28-/m1/s1. The molecule has 3 N–H and O–H groups in total. The smallest absolute Gasteiger partial charge is 0.254 e. The quantitative estimate of drug-likeness (QED) is 0.385. The Bertz CT molecular complexity index is 1520. The first-order valence-electron chi connectivity index (χ1n) is 13.0. The molecule has 3 aliphatic rings. The highest BCUT2D eigenvalue weighted by Crippen LogP contribution is 2.36. The number of anilines is 3. The largest absolute Gasteiger partial charge is 0.371 e. The van der Waals surface area contributed by atoms with E-state index in [0.717, 1.165) is 68.1 Å². The van der Waals surface area contributed by atoms with E-state index in [2.05, 4.69) is 36.9 Å². The normalized spacial score (nSPS) is 21.1. The fourth-order valence-electron chi connectivity index (χ4n) is 5.92. The first-order chi connectivity index (χ1) is 18.6. The molecule has 0 saturated carbocycles. The molecule has 1 spiro atoms. The molecule has 10 heteroatoms. The van der Waals surface area contributed by atoms with E-state index in [9.17, 15) is 9.18 Å². The van der Waals surface area contributed by atoms with E-state index in [1.165, 1.54) is 12.1 Å². The van der Waals surface area contributed by atoms with Crippen LogP contribution in [0.1, 0.15) is 28.8 Å². The average molecular weight is 514 g/mol. The molecule has 3 aromatic heterocycles. The van der Waals surface area contributed by atoms with Crippen LogP contribution in [-0.4, -0.2) is 58.7 Å². The van der Waals surface area contributed by atoms with Gasteiger partial charge in [0.05, 0.1) is 47.2 Å². The number of imidazole rings is 1. The van der Waals surface area contributed by atoms with Gasteiger partial charge < -0.3 is 25.6 Å². The molecule has 0 bridgehead atoms. The number of ether oxygens (including phenoxy) is 1. The second kappa shape index (κ2) is 9.07. The molecule has 1 atom stereocenters. The van der Waals surface area contributed by atoms with E-state index in [4.69, 9.17) is 4.74 Å². The molecular weight excluding hydrogens is 485 g/mol. The third-order valence-corrected chi connectivity index (χ3v) is 7.77. The first kappa shape index (κ1) is 23.1. The number of carbonyl (C=O) groups is 1. The third kappa shape index (κ3) is 3.97. The zero-order valence-corrected chi connectivity index (χ0v) is 20.8. The van der Waals surface area contributed by atoms with Gasteiger partial charge in [-0.1, -0.05) is 6.07 Å². The van der Waals surface area contributed by atoms with Crippen molar-refractivity contribution < 1.29 is 13.9 Å². The van der Waals surface area contributed by atoms with Gasteiger partial charge in [0.2, 0.25) is 0 Å². The second-order valence-electron chi connectivity index (χ2n) is 10.2. The molecule has 38 heavy (non-hydrogen) atoms. The van der Waals surface area contributed by atoms with Gasteiger partial charge in [-0.3, -0.25) is 9.20 Å². The molecule has 194 valence electrons. The highest BCUT2D eigenvalue weighted by atomic mass is 19.1. The van der Waals surface area contributed by atoms with Crippen LogP contribution in [0.15, 0.2) is 55.0 Å². The summed E-state index contributed by atoms with van der Waals surface area (Å²) >= 11 is 0. The summed E-state index contributed by atoms with van der Waals surface area (Å²) in [6, 6.07) is 10.7. The zero-order chi connectivity index (χ0) is 25.7. The summed E-state index contributed by atoms with van der Waals surface area (Å²) in [5.41, 5.74) is 5.29. The Morgan fingerprint density at radius 3 is 2.92 bits per heavy atom. The highest BCUT2D eigenvalue weighted by Gasteiger charge is 2.38. The maximum atomic E-state index is 13.7. The topological polar surface area (TPSA) is 95.8 Å². The van der Waals surface area contributed by atoms with Crippen LogP contribution >= 0.6 is 0 Å². The molecule has 1 aromatic carbocycles.